The number of benzene rings is 2. The third-order valence-corrected chi connectivity index (χ3v) is 4.55. The van der Waals surface area contributed by atoms with E-state index in [4.69, 9.17) is 16.3 Å². The molecule has 2 aromatic carbocycles. The number of aromatic nitrogens is 1. The number of hydrogen-bond donors (Lipinski definition) is 2. The number of nitrogens with zero attached hydrogens (tertiary/aromatic N) is 1. The number of halogens is 2. The molecule has 1 heterocycles. The van der Waals surface area contributed by atoms with Gasteiger partial charge in [0.2, 0.25) is 0 Å². The maximum atomic E-state index is 13.0. The second-order valence-corrected chi connectivity index (χ2v) is 6.61. The van der Waals surface area contributed by atoms with Gasteiger partial charge in [-0.1, -0.05) is 23.7 Å². The molecule has 0 unspecified atom stereocenters. The van der Waals surface area contributed by atoms with Gasteiger partial charge in [-0.2, -0.15) is 0 Å². The predicted molar refractivity (Wildman–Crippen MR) is 109 cm³/mol. The van der Waals surface area contributed by atoms with Crippen LogP contribution in [0.1, 0.15) is 21.5 Å². The van der Waals surface area contributed by atoms with Crippen molar-refractivity contribution in [1.29, 1.82) is 0 Å². The van der Waals surface area contributed by atoms with Crippen LogP contribution in [-0.2, 0) is 6.54 Å². The first-order valence-corrected chi connectivity index (χ1v) is 8.93. The molecule has 0 aliphatic rings. The number of ether oxygens (including phenoxy) is 1. The van der Waals surface area contributed by atoms with Crippen LogP contribution in [-0.4, -0.2) is 18.0 Å². The van der Waals surface area contributed by atoms with Crippen LogP contribution in [0.15, 0.2) is 54.9 Å². The molecular weight excluding hydrogens is 381 g/mol. The van der Waals surface area contributed by atoms with Crippen LogP contribution < -0.4 is 15.4 Å². The summed E-state index contributed by atoms with van der Waals surface area (Å²) in [6.45, 7) is 2.33. The standard InChI is InChI=1S/C21H19ClFN3O2/c1-13-7-19(20(28-2)9-18(13)22)26-21(27)15-8-17(12-24-11-15)25-10-14-3-5-16(23)6-4-14/h3-9,11-12,25H,10H2,1-2H3,(H,26,27). The molecule has 5 nitrogen and oxygen atoms in total. The van der Waals surface area contributed by atoms with Crippen LogP contribution in [0, 0.1) is 12.7 Å². The first-order valence-electron chi connectivity index (χ1n) is 8.55. The van der Waals surface area contributed by atoms with Crippen molar-refractivity contribution in [3.8, 4) is 5.75 Å². The Labute approximate surface area is 167 Å². The molecule has 0 spiro atoms. The Morgan fingerprint density at radius 1 is 1.18 bits per heavy atom. The van der Waals surface area contributed by atoms with Crippen molar-refractivity contribution in [1.82, 2.24) is 4.98 Å². The van der Waals surface area contributed by atoms with Crippen LogP contribution in [0.4, 0.5) is 15.8 Å². The van der Waals surface area contributed by atoms with E-state index >= 15 is 0 Å². The van der Waals surface area contributed by atoms with Crippen LogP contribution in [0.5, 0.6) is 5.75 Å². The molecule has 0 aliphatic carbocycles. The molecule has 0 atom stereocenters. The lowest BCUT2D eigenvalue weighted by Gasteiger charge is -2.13. The van der Waals surface area contributed by atoms with Crippen molar-refractivity contribution in [2.75, 3.05) is 17.7 Å². The molecule has 0 saturated heterocycles. The van der Waals surface area contributed by atoms with Crippen molar-refractivity contribution >= 4 is 28.9 Å². The lowest BCUT2D eigenvalue weighted by Crippen LogP contribution is -2.13. The van der Waals surface area contributed by atoms with E-state index in [9.17, 15) is 9.18 Å². The number of carbonyl (C=O) groups is 1. The SMILES string of the molecule is COc1cc(Cl)c(C)cc1NC(=O)c1cncc(NCc2ccc(F)cc2)c1. The Hall–Kier alpha value is -3.12. The molecule has 0 aliphatic heterocycles. The fraction of sp³-hybridized carbons (Fsp3) is 0.143. The van der Waals surface area contributed by atoms with Crippen molar-refractivity contribution < 1.29 is 13.9 Å². The van der Waals surface area contributed by atoms with Gasteiger partial charge < -0.3 is 15.4 Å². The van der Waals surface area contributed by atoms with Crippen LogP contribution in [0.3, 0.4) is 0 Å². The van der Waals surface area contributed by atoms with E-state index in [-0.39, 0.29) is 11.7 Å². The quantitative estimate of drug-likeness (QED) is 0.608. The van der Waals surface area contributed by atoms with Crippen LogP contribution >= 0.6 is 11.6 Å². The van der Waals surface area contributed by atoms with Gasteiger partial charge in [-0.3, -0.25) is 9.78 Å². The summed E-state index contributed by atoms with van der Waals surface area (Å²) in [5.74, 6) is -0.127. The number of nitrogens with one attached hydrogen (secondary N) is 2. The molecule has 7 heteroatoms. The Balaban J connectivity index is 1.72. The predicted octanol–water partition coefficient (Wildman–Crippen LogP) is 5.06. The van der Waals surface area contributed by atoms with Crippen molar-refractivity contribution in [3.05, 3.63) is 82.4 Å². The van der Waals surface area contributed by atoms with Gasteiger partial charge >= 0.3 is 0 Å². The van der Waals surface area contributed by atoms with E-state index in [1.54, 1.807) is 36.5 Å². The van der Waals surface area contributed by atoms with E-state index in [0.29, 0.717) is 34.3 Å². The Bertz CT molecular complexity index is 993. The molecule has 0 saturated carbocycles. The second-order valence-electron chi connectivity index (χ2n) is 6.20. The van der Waals surface area contributed by atoms with Crippen molar-refractivity contribution in [3.63, 3.8) is 0 Å². The number of rotatable bonds is 6. The highest BCUT2D eigenvalue weighted by Crippen LogP contribution is 2.31. The van der Waals surface area contributed by atoms with E-state index in [1.165, 1.54) is 25.4 Å². The fourth-order valence-corrected chi connectivity index (χ4v) is 2.75. The first-order chi connectivity index (χ1) is 13.5. The summed E-state index contributed by atoms with van der Waals surface area (Å²) in [4.78, 5) is 16.7. The summed E-state index contributed by atoms with van der Waals surface area (Å²) in [5.41, 5.74) is 3.33. The van der Waals surface area contributed by atoms with E-state index in [2.05, 4.69) is 15.6 Å². The average molecular weight is 400 g/mol. The second kappa shape index (κ2) is 8.71. The van der Waals surface area contributed by atoms with Gasteiger partial charge in [-0.15, -0.1) is 0 Å². The van der Waals surface area contributed by atoms with Gasteiger partial charge in [-0.05, 0) is 42.3 Å². The Morgan fingerprint density at radius 2 is 1.93 bits per heavy atom. The molecule has 0 radical (unpaired) electrons. The molecule has 0 bridgehead atoms. The number of aryl methyl sites for hydroxylation is 1. The van der Waals surface area contributed by atoms with Gasteiger partial charge in [0.1, 0.15) is 11.6 Å². The average Bonchev–Trinajstić information content (AvgIpc) is 2.70. The summed E-state index contributed by atoms with van der Waals surface area (Å²) in [6.07, 6.45) is 3.10. The number of methoxy groups -OCH3 is 1. The molecule has 28 heavy (non-hydrogen) atoms. The fourth-order valence-electron chi connectivity index (χ4n) is 2.59. The minimum Gasteiger partial charge on any atom is -0.495 e. The molecule has 3 rings (SSSR count). The highest BCUT2D eigenvalue weighted by atomic mass is 35.5. The van der Waals surface area contributed by atoms with E-state index in [1.807, 2.05) is 6.92 Å². The number of hydrogen-bond acceptors (Lipinski definition) is 4. The van der Waals surface area contributed by atoms with E-state index in [0.717, 1.165) is 11.1 Å². The first kappa shape index (κ1) is 19.6. The molecule has 144 valence electrons. The maximum absolute atomic E-state index is 13.0. The number of anilines is 2. The summed E-state index contributed by atoms with van der Waals surface area (Å²) in [6, 6.07) is 11.3. The minimum absolute atomic E-state index is 0.281. The zero-order valence-electron chi connectivity index (χ0n) is 15.4. The lowest BCUT2D eigenvalue weighted by atomic mass is 10.2. The zero-order valence-corrected chi connectivity index (χ0v) is 16.2. The lowest BCUT2D eigenvalue weighted by molar-refractivity contribution is 0.102. The maximum Gasteiger partial charge on any atom is 0.257 e. The summed E-state index contributed by atoms with van der Waals surface area (Å²) in [7, 11) is 1.51. The smallest absolute Gasteiger partial charge is 0.257 e. The highest BCUT2D eigenvalue weighted by Gasteiger charge is 2.13. The van der Waals surface area contributed by atoms with E-state index < -0.39 is 0 Å². The minimum atomic E-state index is -0.321. The van der Waals surface area contributed by atoms with Crippen molar-refractivity contribution in [2.24, 2.45) is 0 Å². The molecule has 0 fully saturated rings. The van der Waals surface area contributed by atoms with Gasteiger partial charge in [-0.25, -0.2) is 4.39 Å². The van der Waals surface area contributed by atoms with Gasteiger partial charge in [0.15, 0.2) is 0 Å². The Kier molecular flexibility index (Phi) is 6.11. The van der Waals surface area contributed by atoms with Gasteiger partial charge in [0.25, 0.3) is 5.91 Å². The Morgan fingerprint density at radius 3 is 2.64 bits per heavy atom. The largest absolute Gasteiger partial charge is 0.495 e. The van der Waals surface area contributed by atoms with Crippen LogP contribution in [0.25, 0.3) is 0 Å². The van der Waals surface area contributed by atoms with Gasteiger partial charge in [0.05, 0.1) is 24.0 Å². The molecular formula is C21H19ClFN3O2. The molecule has 1 aromatic heterocycles. The third-order valence-electron chi connectivity index (χ3n) is 4.14. The third kappa shape index (κ3) is 4.78. The highest BCUT2D eigenvalue weighted by molar-refractivity contribution is 6.31. The number of pyridine rings is 1. The monoisotopic (exact) mass is 399 g/mol. The summed E-state index contributed by atoms with van der Waals surface area (Å²) >= 11 is 6.10. The number of amides is 1. The zero-order chi connectivity index (χ0) is 20.1. The van der Waals surface area contributed by atoms with Gasteiger partial charge in [0, 0.05) is 30.0 Å². The topological polar surface area (TPSA) is 63.2 Å². The van der Waals surface area contributed by atoms with Crippen molar-refractivity contribution in [2.45, 2.75) is 13.5 Å². The summed E-state index contributed by atoms with van der Waals surface area (Å²) in [5, 5.41) is 6.55. The molecule has 1 amide bonds. The molecule has 2 N–H and O–H groups in total. The summed E-state index contributed by atoms with van der Waals surface area (Å²) < 4.78 is 18.3. The van der Waals surface area contributed by atoms with Crippen LogP contribution in [0.2, 0.25) is 5.02 Å². The normalized spacial score (nSPS) is 10.4. The number of carbonyl (C=O) groups excluding carboxylic acids is 1. The molecule has 3 aromatic rings.